The van der Waals surface area contributed by atoms with E-state index >= 15 is 0 Å². The van der Waals surface area contributed by atoms with Crippen LogP contribution in [0.5, 0.6) is 0 Å². The van der Waals surface area contributed by atoms with Gasteiger partial charge in [0.2, 0.25) is 0 Å². The maximum Gasteiger partial charge on any atom is 0.0372 e. The van der Waals surface area contributed by atoms with Crippen molar-refractivity contribution >= 4 is 0 Å². The zero-order valence-electron chi connectivity index (χ0n) is 11.7. The maximum atomic E-state index is 4.40. The summed E-state index contributed by atoms with van der Waals surface area (Å²) in [7, 11) is 0. The summed E-state index contributed by atoms with van der Waals surface area (Å²) in [5.74, 6) is 0.755. The lowest BCUT2D eigenvalue weighted by Gasteiger charge is -2.22. The van der Waals surface area contributed by atoms with Gasteiger partial charge in [0, 0.05) is 17.9 Å². The van der Waals surface area contributed by atoms with Crippen LogP contribution in [-0.2, 0) is 0 Å². The molecule has 1 rings (SSSR count). The number of aryl methyl sites for hydroxylation is 1. The lowest BCUT2D eigenvalue weighted by atomic mass is 9.95. The van der Waals surface area contributed by atoms with Gasteiger partial charge >= 0.3 is 0 Å². The van der Waals surface area contributed by atoms with E-state index in [0.717, 1.165) is 18.2 Å². The van der Waals surface area contributed by atoms with Gasteiger partial charge < -0.3 is 5.32 Å². The van der Waals surface area contributed by atoms with Crippen molar-refractivity contribution in [2.24, 2.45) is 5.92 Å². The van der Waals surface area contributed by atoms with Crippen LogP contribution in [0, 0.1) is 12.8 Å². The van der Waals surface area contributed by atoms with Crippen molar-refractivity contribution in [3.63, 3.8) is 0 Å². The Morgan fingerprint density at radius 2 is 2.06 bits per heavy atom. The fourth-order valence-electron chi connectivity index (χ4n) is 1.91. The summed E-state index contributed by atoms with van der Waals surface area (Å²) in [6.07, 6.45) is 5.63. The Morgan fingerprint density at radius 1 is 1.29 bits per heavy atom. The van der Waals surface area contributed by atoms with Gasteiger partial charge in [0.1, 0.15) is 0 Å². The number of aromatic nitrogens is 1. The molecule has 0 bridgehead atoms. The van der Waals surface area contributed by atoms with Crippen LogP contribution in [0.1, 0.15) is 57.3 Å². The van der Waals surface area contributed by atoms with Crippen LogP contribution in [-0.4, -0.2) is 11.5 Å². The largest absolute Gasteiger partial charge is 0.310 e. The molecule has 1 heterocycles. The SMILES string of the molecule is CCCNC(CC(C)CC)c1ccc(C)nc1. The second-order valence-corrected chi connectivity index (χ2v) is 4.99. The molecule has 2 nitrogen and oxygen atoms in total. The van der Waals surface area contributed by atoms with E-state index in [9.17, 15) is 0 Å². The molecule has 17 heavy (non-hydrogen) atoms. The van der Waals surface area contributed by atoms with Gasteiger partial charge in [-0.1, -0.05) is 33.3 Å². The molecule has 96 valence electrons. The van der Waals surface area contributed by atoms with Gasteiger partial charge in [-0.2, -0.15) is 0 Å². The number of nitrogens with one attached hydrogen (secondary N) is 1. The lowest BCUT2D eigenvalue weighted by molar-refractivity contribution is 0.402. The van der Waals surface area contributed by atoms with Crippen LogP contribution in [0.2, 0.25) is 0 Å². The molecular weight excluding hydrogens is 208 g/mol. The average molecular weight is 234 g/mol. The third-order valence-corrected chi connectivity index (χ3v) is 3.31. The molecule has 0 aliphatic rings. The highest BCUT2D eigenvalue weighted by atomic mass is 14.9. The van der Waals surface area contributed by atoms with Crippen molar-refractivity contribution in [3.05, 3.63) is 29.6 Å². The lowest BCUT2D eigenvalue weighted by Crippen LogP contribution is -2.24. The van der Waals surface area contributed by atoms with Crippen molar-refractivity contribution in [2.75, 3.05) is 6.54 Å². The quantitative estimate of drug-likeness (QED) is 0.774. The molecule has 0 saturated carbocycles. The molecule has 1 N–H and O–H groups in total. The van der Waals surface area contributed by atoms with Gasteiger partial charge in [0.15, 0.2) is 0 Å². The molecule has 2 heteroatoms. The van der Waals surface area contributed by atoms with Crippen LogP contribution < -0.4 is 5.32 Å². The second kappa shape index (κ2) is 7.44. The van der Waals surface area contributed by atoms with E-state index in [1.165, 1.54) is 24.8 Å². The van der Waals surface area contributed by atoms with Crippen molar-refractivity contribution in [1.29, 1.82) is 0 Å². The minimum absolute atomic E-state index is 0.456. The summed E-state index contributed by atoms with van der Waals surface area (Å²) in [4.78, 5) is 4.40. The predicted octanol–water partition coefficient (Wildman–Crippen LogP) is 3.87. The van der Waals surface area contributed by atoms with Gasteiger partial charge in [-0.15, -0.1) is 0 Å². The van der Waals surface area contributed by atoms with E-state index in [0.29, 0.717) is 6.04 Å². The third-order valence-electron chi connectivity index (χ3n) is 3.31. The Hall–Kier alpha value is -0.890. The van der Waals surface area contributed by atoms with Crippen molar-refractivity contribution < 1.29 is 0 Å². The Bertz CT molecular complexity index is 305. The molecule has 0 radical (unpaired) electrons. The highest BCUT2D eigenvalue weighted by molar-refractivity contribution is 5.17. The van der Waals surface area contributed by atoms with E-state index in [1.54, 1.807) is 0 Å². The van der Waals surface area contributed by atoms with Gasteiger partial charge in [-0.25, -0.2) is 0 Å². The third kappa shape index (κ3) is 4.86. The van der Waals surface area contributed by atoms with E-state index in [2.05, 4.69) is 43.2 Å². The zero-order chi connectivity index (χ0) is 12.7. The Kier molecular flexibility index (Phi) is 6.20. The minimum atomic E-state index is 0.456. The normalized spacial score (nSPS) is 14.6. The summed E-state index contributed by atoms with van der Waals surface area (Å²) >= 11 is 0. The van der Waals surface area contributed by atoms with Crippen LogP contribution in [0.15, 0.2) is 18.3 Å². The average Bonchev–Trinajstić information content (AvgIpc) is 2.35. The number of hydrogen-bond donors (Lipinski definition) is 1. The summed E-state index contributed by atoms with van der Waals surface area (Å²) in [6.45, 7) is 9.90. The van der Waals surface area contributed by atoms with Crippen LogP contribution in [0.25, 0.3) is 0 Å². The molecule has 0 spiro atoms. The predicted molar refractivity (Wildman–Crippen MR) is 74.1 cm³/mol. The summed E-state index contributed by atoms with van der Waals surface area (Å²) < 4.78 is 0. The first-order valence-electron chi connectivity index (χ1n) is 6.83. The molecule has 0 saturated heterocycles. The zero-order valence-corrected chi connectivity index (χ0v) is 11.7. The molecule has 0 aromatic carbocycles. The van der Waals surface area contributed by atoms with E-state index in [1.807, 2.05) is 13.1 Å². The number of nitrogens with zero attached hydrogens (tertiary/aromatic N) is 1. The van der Waals surface area contributed by atoms with Crippen molar-refractivity contribution in [1.82, 2.24) is 10.3 Å². The molecule has 0 fully saturated rings. The monoisotopic (exact) mass is 234 g/mol. The standard InChI is InChI=1S/C15H26N2/c1-5-9-16-15(10-12(3)6-2)14-8-7-13(4)17-11-14/h7-8,11-12,15-16H,5-6,9-10H2,1-4H3. The molecule has 1 aromatic rings. The number of rotatable bonds is 7. The molecule has 0 aliphatic heterocycles. The van der Waals surface area contributed by atoms with Crippen LogP contribution in [0.3, 0.4) is 0 Å². The summed E-state index contributed by atoms with van der Waals surface area (Å²) in [5, 5.41) is 3.63. The molecule has 2 unspecified atom stereocenters. The Morgan fingerprint density at radius 3 is 2.59 bits per heavy atom. The van der Waals surface area contributed by atoms with Gasteiger partial charge in [-0.3, -0.25) is 4.98 Å². The van der Waals surface area contributed by atoms with E-state index < -0.39 is 0 Å². The molecule has 2 atom stereocenters. The van der Waals surface area contributed by atoms with Gasteiger partial charge in [-0.05, 0) is 43.9 Å². The Balaban J connectivity index is 2.70. The highest BCUT2D eigenvalue weighted by Crippen LogP contribution is 2.22. The summed E-state index contributed by atoms with van der Waals surface area (Å²) in [5.41, 5.74) is 2.41. The second-order valence-electron chi connectivity index (χ2n) is 4.99. The smallest absolute Gasteiger partial charge is 0.0372 e. The van der Waals surface area contributed by atoms with Crippen molar-refractivity contribution in [3.8, 4) is 0 Å². The summed E-state index contributed by atoms with van der Waals surface area (Å²) in [6, 6.07) is 4.77. The topological polar surface area (TPSA) is 24.9 Å². The van der Waals surface area contributed by atoms with E-state index in [4.69, 9.17) is 0 Å². The first kappa shape index (κ1) is 14.2. The minimum Gasteiger partial charge on any atom is -0.310 e. The fraction of sp³-hybridized carbons (Fsp3) is 0.667. The van der Waals surface area contributed by atoms with Crippen LogP contribution in [0.4, 0.5) is 0 Å². The number of hydrogen-bond acceptors (Lipinski definition) is 2. The van der Waals surface area contributed by atoms with E-state index in [-0.39, 0.29) is 0 Å². The van der Waals surface area contributed by atoms with Crippen molar-refractivity contribution in [2.45, 2.75) is 53.0 Å². The molecule has 0 aliphatic carbocycles. The maximum absolute atomic E-state index is 4.40. The molecular formula is C15H26N2. The van der Waals surface area contributed by atoms with Crippen LogP contribution >= 0.6 is 0 Å². The molecule has 0 amide bonds. The highest BCUT2D eigenvalue weighted by Gasteiger charge is 2.13. The number of pyridine rings is 1. The first-order valence-corrected chi connectivity index (χ1v) is 6.83. The van der Waals surface area contributed by atoms with Gasteiger partial charge in [0.05, 0.1) is 0 Å². The fourth-order valence-corrected chi connectivity index (χ4v) is 1.91. The Labute approximate surface area is 106 Å². The molecule has 1 aromatic heterocycles. The van der Waals surface area contributed by atoms with Gasteiger partial charge in [0.25, 0.3) is 0 Å². The first-order chi connectivity index (χ1) is 8.17.